The lowest BCUT2D eigenvalue weighted by Gasteiger charge is -2.11. The monoisotopic (exact) mass is 462 g/mol. The number of aryl methyl sites for hydroxylation is 2. The molecule has 2 aromatic carbocycles. The van der Waals surface area contributed by atoms with E-state index in [-0.39, 0.29) is 11.6 Å². The number of nitrogens with zero attached hydrogens (tertiary/aromatic N) is 5. The van der Waals surface area contributed by atoms with Crippen molar-refractivity contribution in [1.29, 1.82) is 0 Å². The summed E-state index contributed by atoms with van der Waals surface area (Å²) in [6.45, 7) is 3.69. The van der Waals surface area contributed by atoms with Crippen molar-refractivity contribution in [2.45, 2.75) is 30.4 Å². The normalized spacial score (nSPS) is 10.9. The molecule has 1 N–H and O–H groups in total. The van der Waals surface area contributed by atoms with Crippen LogP contribution < -0.4 is 5.32 Å². The Morgan fingerprint density at radius 2 is 1.88 bits per heavy atom. The first-order valence-corrected chi connectivity index (χ1v) is 11.0. The van der Waals surface area contributed by atoms with E-state index in [2.05, 4.69) is 15.4 Å². The molecule has 0 radical (unpaired) electrons. The Balaban J connectivity index is 1.47. The van der Waals surface area contributed by atoms with Gasteiger partial charge >= 0.3 is 5.69 Å². The van der Waals surface area contributed by atoms with Gasteiger partial charge in [-0.15, -0.1) is 0 Å². The van der Waals surface area contributed by atoms with Gasteiger partial charge in [0.15, 0.2) is 5.16 Å². The Morgan fingerprint density at radius 1 is 1.15 bits per heavy atom. The van der Waals surface area contributed by atoms with Gasteiger partial charge in [-0.3, -0.25) is 19.6 Å². The van der Waals surface area contributed by atoms with Crippen molar-refractivity contribution < 1.29 is 9.72 Å². The topological polar surface area (TPSA) is 108 Å². The largest absolute Gasteiger partial charge is 0.329 e. The molecule has 168 valence electrons. The second-order valence-corrected chi connectivity index (χ2v) is 8.51. The Labute approximate surface area is 194 Å². The quantitative estimate of drug-likeness (QED) is 0.318. The van der Waals surface area contributed by atoms with Crippen molar-refractivity contribution in [3.05, 3.63) is 93.6 Å². The molecule has 0 atom stereocenters. The van der Waals surface area contributed by atoms with Gasteiger partial charge in [-0.05, 0) is 55.4 Å². The maximum atomic E-state index is 12.8. The van der Waals surface area contributed by atoms with Crippen molar-refractivity contribution in [3.63, 3.8) is 0 Å². The molecule has 9 nitrogen and oxygen atoms in total. The molecule has 0 spiro atoms. The number of carbonyl (C=O) groups is 1. The van der Waals surface area contributed by atoms with E-state index in [1.54, 1.807) is 36.9 Å². The van der Waals surface area contributed by atoms with Crippen molar-refractivity contribution in [1.82, 2.24) is 19.3 Å². The Bertz CT molecular complexity index is 1330. The van der Waals surface area contributed by atoms with E-state index in [1.165, 1.54) is 11.8 Å². The molecule has 0 fully saturated rings. The smallest absolute Gasteiger partial charge is 0.312 e. The first-order valence-electron chi connectivity index (χ1n) is 10.2. The van der Waals surface area contributed by atoms with Gasteiger partial charge < -0.3 is 9.88 Å². The number of rotatable bonds is 7. The maximum Gasteiger partial charge on any atom is 0.312 e. The van der Waals surface area contributed by atoms with Gasteiger partial charge in [0.2, 0.25) is 0 Å². The summed E-state index contributed by atoms with van der Waals surface area (Å²) in [6, 6.07) is 14.7. The lowest BCUT2D eigenvalue weighted by Crippen LogP contribution is -2.13. The third kappa shape index (κ3) is 4.80. The van der Waals surface area contributed by atoms with E-state index in [4.69, 9.17) is 0 Å². The molecular weight excluding hydrogens is 440 g/mol. The second kappa shape index (κ2) is 9.29. The van der Waals surface area contributed by atoms with Crippen LogP contribution >= 0.6 is 11.8 Å². The van der Waals surface area contributed by atoms with E-state index in [0.29, 0.717) is 29.2 Å². The minimum absolute atomic E-state index is 0.0353. The number of benzene rings is 2. The molecule has 0 aliphatic carbocycles. The maximum absolute atomic E-state index is 12.8. The van der Waals surface area contributed by atoms with Gasteiger partial charge in [0, 0.05) is 29.9 Å². The number of carbonyl (C=O) groups excluding carboxylic acids is 1. The summed E-state index contributed by atoms with van der Waals surface area (Å²) in [4.78, 5) is 28.9. The molecule has 0 saturated carbocycles. The predicted molar refractivity (Wildman–Crippen MR) is 126 cm³/mol. The first-order chi connectivity index (χ1) is 15.8. The average molecular weight is 463 g/mol. The molecule has 0 aliphatic heterocycles. The highest BCUT2D eigenvalue weighted by Gasteiger charge is 2.21. The summed E-state index contributed by atoms with van der Waals surface area (Å²) < 4.78 is 3.52. The number of aromatic nitrogens is 4. The number of amides is 1. The number of imidazole rings is 1. The first kappa shape index (κ1) is 22.3. The van der Waals surface area contributed by atoms with E-state index in [0.717, 1.165) is 15.6 Å². The fourth-order valence-corrected chi connectivity index (χ4v) is 4.33. The van der Waals surface area contributed by atoms with Crippen LogP contribution in [0.3, 0.4) is 0 Å². The lowest BCUT2D eigenvalue weighted by atomic mass is 10.1. The van der Waals surface area contributed by atoms with Gasteiger partial charge in [0.05, 0.1) is 17.2 Å². The van der Waals surface area contributed by atoms with Crippen LogP contribution in [0.15, 0.2) is 71.0 Å². The highest BCUT2D eigenvalue weighted by atomic mass is 32.2. The van der Waals surface area contributed by atoms with Crippen molar-refractivity contribution >= 4 is 29.0 Å². The third-order valence-corrected chi connectivity index (χ3v) is 6.34. The molecule has 0 saturated heterocycles. The summed E-state index contributed by atoms with van der Waals surface area (Å²) in [7, 11) is 1.92. The van der Waals surface area contributed by atoms with Crippen molar-refractivity contribution in [3.8, 4) is 0 Å². The van der Waals surface area contributed by atoms with E-state index >= 15 is 0 Å². The molecule has 4 rings (SSSR count). The van der Waals surface area contributed by atoms with Gasteiger partial charge in [-0.1, -0.05) is 24.3 Å². The van der Waals surface area contributed by atoms with Crippen LogP contribution in [-0.4, -0.2) is 30.2 Å². The van der Waals surface area contributed by atoms with Gasteiger partial charge in [-0.2, -0.15) is 5.10 Å². The molecule has 0 unspecified atom stereocenters. The minimum Gasteiger partial charge on any atom is -0.329 e. The summed E-state index contributed by atoms with van der Waals surface area (Å²) in [5, 5.41) is 19.3. The molecule has 4 aromatic rings. The SMILES string of the molecule is Cc1nn(Cc2ccc(C(=O)Nc3ccccc3Sc3nccn3C)cc2)c(C)c1[N+](=O)[O-]. The molecular formula is C23H22N6O3S. The van der Waals surface area contributed by atoms with Gasteiger partial charge in [-0.25, -0.2) is 4.98 Å². The Hall–Kier alpha value is -3.92. The predicted octanol–water partition coefficient (Wildman–Crippen LogP) is 4.59. The molecule has 0 aliphatic rings. The molecule has 10 heteroatoms. The van der Waals surface area contributed by atoms with Crippen LogP contribution in [0.1, 0.15) is 27.3 Å². The van der Waals surface area contributed by atoms with Crippen LogP contribution in [0.5, 0.6) is 0 Å². The Morgan fingerprint density at radius 3 is 2.52 bits per heavy atom. The Kier molecular flexibility index (Phi) is 6.27. The fourth-order valence-electron chi connectivity index (χ4n) is 3.44. The molecule has 2 aromatic heterocycles. The summed E-state index contributed by atoms with van der Waals surface area (Å²) in [5.74, 6) is -0.226. The van der Waals surface area contributed by atoms with Gasteiger partial charge in [0.1, 0.15) is 11.4 Å². The standard InChI is InChI=1S/C23H22N6O3S/c1-15-21(29(31)32)16(2)28(26-15)14-17-8-10-18(11-9-17)22(30)25-19-6-4-5-7-20(19)33-23-24-12-13-27(23)3/h4-13H,14H2,1-3H3,(H,25,30). The fraction of sp³-hybridized carbons (Fsp3) is 0.174. The lowest BCUT2D eigenvalue weighted by molar-refractivity contribution is -0.386. The van der Waals surface area contributed by atoms with Crippen LogP contribution in [0.4, 0.5) is 11.4 Å². The number of nitrogens with one attached hydrogen (secondary N) is 1. The zero-order valence-electron chi connectivity index (χ0n) is 18.3. The number of anilines is 1. The molecule has 2 heterocycles. The summed E-state index contributed by atoms with van der Waals surface area (Å²) in [6.07, 6.45) is 3.60. The van der Waals surface area contributed by atoms with E-state index in [9.17, 15) is 14.9 Å². The van der Waals surface area contributed by atoms with Crippen LogP contribution in [0.2, 0.25) is 0 Å². The number of nitro groups is 1. The van der Waals surface area contributed by atoms with E-state index in [1.807, 2.05) is 54.2 Å². The number of hydrogen-bond donors (Lipinski definition) is 1. The van der Waals surface area contributed by atoms with Crippen molar-refractivity contribution in [2.75, 3.05) is 5.32 Å². The minimum atomic E-state index is -0.411. The zero-order chi connectivity index (χ0) is 23.5. The van der Waals surface area contributed by atoms with Crippen LogP contribution in [0.25, 0.3) is 0 Å². The van der Waals surface area contributed by atoms with Crippen molar-refractivity contribution in [2.24, 2.45) is 7.05 Å². The average Bonchev–Trinajstić information content (AvgIpc) is 3.31. The van der Waals surface area contributed by atoms with Gasteiger partial charge in [0.25, 0.3) is 5.91 Å². The number of hydrogen-bond acceptors (Lipinski definition) is 6. The molecule has 33 heavy (non-hydrogen) atoms. The van der Waals surface area contributed by atoms with Crippen LogP contribution in [-0.2, 0) is 13.6 Å². The van der Waals surface area contributed by atoms with E-state index < -0.39 is 4.92 Å². The second-order valence-electron chi connectivity index (χ2n) is 7.50. The summed E-state index contributed by atoms with van der Waals surface area (Å²) in [5.41, 5.74) is 3.02. The highest BCUT2D eigenvalue weighted by molar-refractivity contribution is 7.99. The molecule has 0 bridgehead atoms. The highest BCUT2D eigenvalue weighted by Crippen LogP contribution is 2.32. The van der Waals surface area contributed by atoms with Crippen LogP contribution in [0, 0.1) is 24.0 Å². The number of para-hydroxylation sites is 1. The summed E-state index contributed by atoms with van der Waals surface area (Å²) >= 11 is 1.47. The zero-order valence-corrected chi connectivity index (χ0v) is 19.2. The third-order valence-electron chi connectivity index (χ3n) is 5.19. The molecule has 1 amide bonds.